The number of nitrogens with zero attached hydrogens (tertiary/aromatic N) is 3. The Labute approximate surface area is 188 Å². The highest BCUT2D eigenvalue weighted by Crippen LogP contribution is 2.28. The Balaban J connectivity index is 2.24. The molecular weight excluding hydrogens is 505 g/mol. The van der Waals surface area contributed by atoms with Gasteiger partial charge in [0, 0.05) is 6.20 Å². The molecule has 0 spiro atoms. The van der Waals surface area contributed by atoms with Crippen molar-refractivity contribution in [3.63, 3.8) is 0 Å². The minimum atomic E-state index is -4.58. The van der Waals surface area contributed by atoms with Gasteiger partial charge in [0.15, 0.2) is 5.13 Å². The highest BCUT2D eigenvalue weighted by atomic mass is 79.9. The number of halogens is 4. The molecule has 0 aliphatic carbocycles. The van der Waals surface area contributed by atoms with Crippen LogP contribution in [0.1, 0.15) is 32.0 Å². The zero-order valence-corrected chi connectivity index (χ0v) is 19.1. The predicted molar refractivity (Wildman–Crippen MR) is 111 cm³/mol. The van der Waals surface area contributed by atoms with E-state index >= 15 is 0 Å². The predicted octanol–water partition coefficient (Wildman–Crippen LogP) is 4.94. The second kappa shape index (κ2) is 9.81. The highest BCUT2D eigenvalue weighted by molar-refractivity contribution is 9.11. The topological polar surface area (TPSA) is 105 Å². The van der Waals surface area contributed by atoms with Gasteiger partial charge in [-0.15, -0.1) is 0 Å². The van der Waals surface area contributed by atoms with Gasteiger partial charge in [-0.1, -0.05) is 17.4 Å². The number of pyridine rings is 1. The Kier molecular flexibility index (Phi) is 7.87. The van der Waals surface area contributed by atoms with Gasteiger partial charge >= 0.3 is 18.4 Å². The summed E-state index contributed by atoms with van der Waals surface area (Å²) in [6.45, 7) is 4.78. The summed E-state index contributed by atoms with van der Waals surface area (Å²) in [4.78, 5) is 32.4. The fourth-order valence-electron chi connectivity index (χ4n) is 2.46. The number of ether oxygens (including phenoxy) is 1. The molecule has 0 aliphatic rings. The van der Waals surface area contributed by atoms with Crippen LogP contribution in [0.3, 0.4) is 0 Å². The van der Waals surface area contributed by atoms with E-state index in [0.29, 0.717) is 9.35 Å². The van der Waals surface area contributed by atoms with Crippen molar-refractivity contribution in [2.75, 3.05) is 11.4 Å². The van der Waals surface area contributed by atoms with Crippen molar-refractivity contribution in [1.82, 2.24) is 15.3 Å². The summed E-state index contributed by atoms with van der Waals surface area (Å²) in [5.41, 5.74) is -1.47. The van der Waals surface area contributed by atoms with Crippen LogP contribution in [0, 0.1) is 0 Å². The molecule has 0 unspecified atom stereocenters. The Bertz CT molecular complexity index is 916. The van der Waals surface area contributed by atoms with Crippen molar-refractivity contribution in [2.45, 2.75) is 45.0 Å². The molecule has 31 heavy (non-hydrogen) atoms. The average Bonchev–Trinajstić information content (AvgIpc) is 3.03. The third-order valence-corrected chi connectivity index (χ3v) is 5.15. The number of hydrogen-bond donors (Lipinski definition) is 2. The van der Waals surface area contributed by atoms with Crippen molar-refractivity contribution >= 4 is 44.6 Å². The highest BCUT2D eigenvalue weighted by Gasteiger charge is 2.32. The van der Waals surface area contributed by atoms with E-state index in [0.717, 1.165) is 28.5 Å². The number of aromatic nitrogens is 2. The molecule has 2 heterocycles. The van der Waals surface area contributed by atoms with Gasteiger partial charge in [-0.25, -0.2) is 14.6 Å². The van der Waals surface area contributed by atoms with Gasteiger partial charge in [-0.05, 0) is 54.8 Å². The molecule has 170 valence electrons. The normalized spacial score (nSPS) is 12.9. The number of alkyl carbamates (subject to hydrolysis) is 1. The molecule has 2 aromatic rings. The van der Waals surface area contributed by atoms with Gasteiger partial charge in [-0.3, -0.25) is 9.88 Å². The fourth-order valence-corrected chi connectivity index (χ4v) is 3.65. The van der Waals surface area contributed by atoms with Crippen LogP contribution in [-0.4, -0.2) is 45.4 Å². The number of anilines is 1. The van der Waals surface area contributed by atoms with Gasteiger partial charge in [0.05, 0.1) is 22.6 Å². The third kappa shape index (κ3) is 7.98. The maximum absolute atomic E-state index is 12.7. The summed E-state index contributed by atoms with van der Waals surface area (Å²) in [6, 6.07) is 1.23. The number of carbonyl (C=O) groups is 2. The van der Waals surface area contributed by atoms with E-state index in [1.165, 1.54) is 12.3 Å². The van der Waals surface area contributed by atoms with Crippen LogP contribution in [0.25, 0.3) is 0 Å². The zero-order chi connectivity index (χ0) is 23.4. The van der Waals surface area contributed by atoms with Gasteiger partial charge in [0.25, 0.3) is 0 Å². The molecule has 0 aromatic carbocycles. The molecule has 2 rings (SSSR count). The van der Waals surface area contributed by atoms with Crippen LogP contribution >= 0.6 is 27.3 Å². The number of alkyl halides is 3. The SMILES string of the molecule is CC(C)(C)OC(=O)N[C@@H](Cc1ccc(C(F)(F)F)nc1)CN(C(=O)O)c1ncc(Br)s1. The molecule has 8 nitrogen and oxygen atoms in total. The Morgan fingerprint density at radius 3 is 2.39 bits per heavy atom. The second-order valence-electron chi connectivity index (χ2n) is 7.44. The van der Waals surface area contributed by atoms with Crippen LogP contribution in [0.5, 0.6) is 0 Å². The van der Waals surface area contributed by atoms with Gasteiger partial charge < -0.3 is 15.2 Å². The molecule has 1 atom stereocenters. The van der Waals surface area contributed by atoms with Crippen LogP contribution in [0.15, 0.2) is 28.3 Å². The lowest BCUT2D eigenvalue weighted by molar-refractivity contribution is -0.141. The number of hydrogen-bond acceptors (Lipinski definition) is 6. The van der Waals surface area contributed by atoms with E-state index in [4.69, 9.17) is 4.74 Å². The largest absolute Gasteiger partial charge is 0.465 e. The molecule has 2 aromatic heterocycles. The summed E-state index contributed by atoms with van der Waals surface area (Å²) in [5, 5.41) is 12.3. The minimum Gasteiger partial charge on any atom is -0.465 e. The van der Waals surface area contributed by atoms with Crippen molar-refractivity contribution < 1.29 is 32.6 Å². The van der Waals surface area contributed by atoms with Crippen LogP contribution in [0.2, 0.25) is 0 Å². The average molecular weight is 525 g/mol. The van der Waals surface area contributed by atoms with Crippen LogP contribution in [0.4, 0.5) is 27.9 Å². The maximum atomic E-state index is 12.7. The minimum absolute atomic E-state index is 0.0146. The van der Waals surface area contributed by atoms with Crippen molar-refractivity contribution in [2.24, 2.45) is 0 Å². The fraction of sp³-hybridized carbons (Fsp3) is 0.444. The maximum Gasteiger partial charge on any atom is 0.433 e. The summed E-state index contributed by atoms with van der Waals surface area (Å²) < 4.78 is 44.1. The van der Waals surface area contributed by atoms with Crippen LogP contribution in [-0.2, 0) is 17.3 Å². The number of carbonyl (C=O) groups excluding carboxylic acids is 1. The summed E-state index contributed by atoms with van der Waals surface area (Å²) >= 11 is 4.29. The molecule has 0 saturated carbocycles. The molecule has 2 N–H and O–H groups in total. The lowest BCUT2D eigenvalue weighted by atomic mass is 10.1. The molecule has 0 radical (unpaired) electrons. The van der Waals surface area contributed by atoms with Gasteiger partial charge in [0.2, 0.25) is 0 Å². The first-order chi connectivity index (χ1) is 14.2. The molecule has 0 saturated heterocycles. The lowest BCUT2D eigenvalue weighted by Crippen LogP contribution is -2.48. The lowest BCUT2D eigenvalue weighted by Gasteiger charge is -2.26. The molecular formula is C18H20BrF3N4O4S. The van der Waals surface area contributed by atoms with E-state index in [1.54, 1.807) is 20.8 Å². The number of carboxylic acid groups (broad SMARTS) is 1. The summed E-state index contributed by atoms with van der Waals surface area (Å²) in [6.07, 6.45) is -4.18. The van der Waals surface area contributed by atoms with E-state index in [1.807, 2.05) is 0 Å². The van der Waals surface area contributed by atoms with Gasteiger partial charge in [0.1, 0.15) is 11.3 Å². The molecule has 2 amide bonds. The zero-order valence-electron chi connectivity index (χ0n) is 16.7. The van der Waals surface area contributed by atoms with E-state index < -0.39 is 35.7 Å². The Morgan fingerprint density at radius 2 is 1.94 bits per heavy atom. The first-order valence-electron chi connectivity index (χ1n) is 8.88. The smallest absolute Gasteiger partial charge is 0.433 e. The van der Waals surface area contributed by atoms with E-state index in [2.05, 4.69) is 31.2 Å². The molecule has 0 fully saturated rings. The third-order valence-electron chi connectivity index (χ3n) is 3.65. The van der Waals surface area contributed by atoms with Crippen molar-refractivity contribution in [3.8, 4) is 0 Å². The Morgan fingerprint density at radius 1 is 1.26 bits per heavy atom. The number of nitrogens with one attached hydrogen (secondary N) is 1. The first kappa shape index (κ1) is 24.9. The first-order valence-corrected chi connectivity index (χ1v) is 10.5. The second-order valence-corrected chi connectivity index (χ2v) is 9.83. The van der Waals surface area contributed by atoms with E-state index in [-0.39, 0.29) is 18.1 Å². The quantitative estimate of drug-likeness (QED) is 0.554. The summed E-state index contributed by atoms with van der Waals surface area (Å²) in [7, 11) is 0. The number of amides is 2. The molecule has 13 heteroatoms. The van der Waals surface area contributed by atoms with Crippen LogP contribution < -0.4 is 10.2 Å². The van der Waals surface area contributed by atoms with E-state index in [9.17, 15) is 27.9 Å². The Hall–Kier alpha value is -2.41. The van der Waals surface area contributed by atoms with Crippen molar-refractivity contribution in [1.29, 1.82) is 0 Å². The standard InChI is InChI=1S/C18H20BrF3N4O4S/c1-17(2,3)30-15(27)25-11(6-10-4-5-12(23-7-10)18(20,21)22)9-26(16(28)29)14-24-8-13(19)31-14/h4-5,7-8,11H,6,9H2,1-3H3,(H,25,27)(H,28,29)/t11-/m0/s1. The summed E-state index contributed by atoms with van der Waals surface area (Å²) in [5.74, 6) is 0. The number of thiazole rings is 1. The number of rotatable bonds is 6. The molecule has 0 bridgehead atoms. The monoisotopic (exact) mass is 524 g/mol. The van der Waals surface area contributed by atoms with Crippen molar-refractivity contribution in [3.05, 3.63) is 39.6 Å². The van der Waals surface area contributed by atoms with Gasteiger partial charge in [-0.2, -0.15) is 13.2 Å². The molecule has 0 aliphatic heterocycles.